The first-order chi connectivity index (χ1) is 11.2. The summed E-state index contributed by atoms with van der Waals surface area (Å²) in [7, 11) is 0. The second-order valence-electron chi connectivity index (χ2n) is 6.90. The lowest BCUT2D eigenvalue weighted by Gasteiger charge is -2.34. The van der Waals surface area contributed by atoms with Crippen molar-refractivity contribution >= 4 is 29.3 Å². The molecule has 1 amide bonds. The van der Waals surface area contributed by atoms with Gasteiger partial charge in [-0.2, -0.15) is 0 Å². The molecule has 0 bridgehead atoms. The third-order valence-corrected chi connectivity index (χ3v) is 4.07. The Balaban J connectivity index is 1.79. The summed E-state index contributed by atoms with van der Waals surface area (Å²) in [5.74, 6) is 0.276. The first kappa shape index (κ1) is 19.2. The molecule has 2 heterocycles. The molecule has 1 saturated heterocycles. The fourth-order valence-electron chi connectivity index (χ4n) is 2.49. The second-order valence-corrected chi connectivity index (χ2v) is 7.60. The van der Waals surface area contributed by atoms with Crippen LogP contribution in [0.2, 0.25) is 10.4 Å². The number of ether oxygens (including phenoxy) is 2. The van der Waals surface area contributed by atoms with Crippen molar-refractivity contribution in [2.24, 2.45) is 5.92 Å². The average Bonchev–Trinajstić information content (AvgIpc) is 2.48. The van der Waals surface area contributed by atoms with E-state index in [1.165, 1.54) is 0 Å². The molecule has 6 nitrogen and oxygen atoms in total. The second kappa shape index (κ2) is 8.32. The number of halogens is 2. The van der Waals surface area contributed by atoms with Gasteiger partial charge in [0.05, 0.1) is 13.2 Å². The molecule has 2 rings (SSSR count). The summed E-state index contributed by atoms with van der Waals surface area (Å²) in [6.45, 7) is 7.83. The van der Waals surface area contributed by atoms with Gasteiger partial charge in [-0.25, -0.2) is 14.8 Å². The molecule has 8 heteroatoms. The van der Waals surface area contributed by atoms with Crippen LogP contribution in [0.1, 0.15) is 39.2 Å². The van der Waals surface area contributed by atoms with Gasteiger partial charge in [0.1, 0.15) is 10.8 Å². The number of rotatable bonds is 4. The van der Waals surface area contributed by atoms with Crippen molar-refractivity contribution in [3.63, 3.8) is 0 Å². The maximum absolute atomic E-state index is 12.1. The molecule has 0 N–H and O–H groups in total. The minimum atomic E-state index is -0.480. The first-order valence-electron chi connectivity index (χ1n) is 7.97. The summed E-state index contributed by atoms with van der Waals surface area (Å²) in [4.78, 5) is 21.7. The number of carbonyl (C=O) groups is 1. The van der Waals surface area contributed by atoms with Crippen LogP contribution >= 0.6 is 23.2 Å². The molecule has 0 aromatic carbocycles. The van der Waals surface area contributed by atoms with E-state index in [4.69, 9.17) is 32.7 Å². The largest absolute Gasteiger partial charge is 0.444 e. The molecule has 0 radical (unpaired) electrons. The quantitative estimate of drug-likeness (QED) is 0.588. The van der Waals surface area contributed by atoms with E-state index in [2.05, 4.69) is 9.97 Å². The standard InChI is InChI=1S/C16H23Cl2N3O3/c1-16(2,3)24-15(22)21-6-4-5-11(8-21)9-23-10-12-7-19-14(18)20-13(12)17/h7,11H,4-6,8-10H2,1-3H3/t11-/m0/s1. The molecular formula is C16H23Cl2N3O3. The highest BCUT2D eigenvalue weighted by molar-refractivity contribution is 6.32. The van der Waals surface area contributed by atoms with Crippen molar-refractivity contribution in [1.29, 1.82) is 0 Å². The number of hydrogen-bond donors (Lipinski definition) is 0. The summed E-state index contributed by atoms with van der Waals surface area (Å²) in [6, 6.07) is 0. The lowest BCUT2D eigenvalue weighted by molar-refractivity contribution is 0.00590. The van der Waals surface area contributed by atoms with Crippen LogP contribution in [0.5, 0.6) is 0 Å². The van der Waals surface area contributed by atoms with Crippen LogP contribution in [-0.2, 0) is 16.1 Å². The SMILES string of the molecule is CC(C)(C)OC(=O)N1CCC[C@H](COCc2cnc(Cl)nc2Cl)C1. The highest BCUT2D eigenvalue weighted by Gasteiger charge is 2.27. The molecule has 134 valence electrons. The van der Waals surface area contributed by atoms with E-state index >= 15 is 0 Å². The Morgan fingerprint density at radius 1 is 1.42 bits per heavy atom. The molecule has 0 aliphatic carbocycles. The molecular weight excluding hydrogens is 353 g/mol. The van der Waals surface area contributed by atoms with Crippen molar-refractivity contribution in [2.45, 2.75) is 45.8 Å². The number of amides is 1. The minimum Gasteiger partial charge on any atom is -0.444 e. The van der Waals surface area contributed by atoms with E-state index < -0.39 is 5.60 Å². The number of hydrogen-bond acceptors (Lipinski definition) is 5. The number of aromatic nitrogens is 2. The van der Waals surface area contributed by atoms with Crippen LogP contribution in [0.4, 0.5) is 4.79 Å². The average molecular weight is 376 g/mol. The smallest absolute Gasteiger partial charge is 0.410 e. The third kappa shape index (κ3) is 6.07. The van der Waals surface area contributed by atoms with Crippen molar-refractivity contribution in [3.05, 3.63) is 22.2 Å². The maximum Gasteiger partial charge on any atom is 0.410 e. The fourth-order valence-corrected chi connectivity index (χ4v) is 2.85. The van der Waals surface area contributed by atoms with E-state index in [1.54, 1.807) is 11.1 Å². The van der Waals surface area contributed by atoms with Crippen LogP contribution in [0.25, 0.3) is 0 Å². The third-order valence-electron chi connectivity index (χ3n) is 3.56. The molecule has 24 heavy (non-hydrogen) atoms. The van der Waals surface area contributed by atoms with E-state index in [-0.39, 0.29) is 17.3 Å². The highest BCUT2D eigenvalue weighted by atomic mass is 35.5. The van der Waals surface area contributed by atoms with Crippen molar-refractivity contribution in [1.82, 2.24) is 14.9 Å². The molecule has 0 unspecified atom stereocenters. The Labute approximate surface area is 152 Å². The van der Waals surface area contributed by atoms with Gasteiger partial charge in [0.15, 0.2) is 0 Å². The van der Waals surface area contributed by atoms with Gasteiger partial charge < -0.3 is 14.4 Å². The monoisotopic (exact) mass is 375 g/mol. The Kier molecular flexibility index (Phi) is 6.66. The lowest BCUT2D eigenvalue weighted by atomic mass is 9.99. The van der Waals surface area contributed by atoms with Crippen molar-refractivity contribution in [2.75, 3.05) is 19.7 Å². The van der Waals surface area contributed by atoms with Crippen LogP contribution in [0.15, 0.2) is 6.20 Å². The zero-order chi connectivity index (χ0) is 17.7. The summed E-state index contributed by atoms with van der Waals surface area (Å²) >= 11 is 11.7. The number of nitrogens with zero attached hydrogens (tertiary/aromatic N) is 3. The zero-order valence-electron chi connectivity index (χ0n) is 14.2. The Morgan fingerprint density at radius 3 is 2.83 bits per heavy atom. The number of carbonyl (C=O) groups excluding carboxylic acids is 1. The zero-order valence-corrected chi connectivity index (χ0v) is 15.7. The van der Waals surface area contributed by atoms with Crippen molar-refractivity contribution < 1.29 is 14.3 Å². The molecule has 0 saturated carbocycles. The normalized spacial score (nSPS) is 18.5. The molecule has 1 aliphatic rings. The minimum absolute atomic E-state index is 0.115. The topological polar surface area (TPSA) is 64.5 Å². The van der Waals surface area contributed by atoms with Crippen molar-refractivity contribution in [3.8, 4) is 0 Å². The first-order valence-corrected chi connectivity index (χ1v) is 8.73. The van der Waals surface area contributed by atoms with Crippen LogP contribution in [0, 0.1) is 5.92 Å². The van der Waals surface area contributed by atoms with Gasteiger partial charge in [-0.3, -0.25) is 0 Å². The van der Waals surface area contributed by atoms with E-state index in [1.807, 2.05) is 20.8 Å². The van der Waals surface area contributed by atoms with Crippen LogP contribution in [0.3, 0.4) is 0 Å². The van der Waals surface area contributed by atoms with Crippen LogP contribution < -0.4 is 0 Å². The summed E-state index contributed by atoms with van der Waals surface area (Å²) in [5.41, 5.74) is 0.215. The number of piperidine rings is 1. The van der Waals surface area contributed by atoms with E-state index in [9.17, 15) is 4.79 Å². The van der Waals surface area contributed by atoms with Gasteiger partial charge in [0, 0.05) is 30.8 Å². The van der Waals surface area contributed by atoms with Gasteiger partial charge in [-0.15, -0.1) is 0 Å². The molecule has 1 aliphatic heterocycles. The van der Waals surface area contributed by atoms with Gasteiger partial charge in [-0.1, -0.05) is 11.6 Å². The molecule has 1 fully saturated rings. The fraction of sp³-hybridized carbons (Fsp3) is 0.688. The summed E-state index contributed by atoms with van der Waals surface area (Å²) < 4.78 is 11.1. The summed E-state index contributed by atoms with van der Waals surface area (Å²) in [5, 5.41) is 0.415. The number of likely N-dealkylation sites (tertiary alicyclic amines) is 1. The Bertz CT molecular complexity index is 578. The highest BCUT2D eigenvalue weighted by Crippen LogP contribution is 2.21. The lowest BCUT2D eigenvalue weighted by Crippen LogP contribution is -2.43. The van der Waals surface area contributed by atoms with Gasteiger partial charge in [-0.05, 0) is 45.2 Å². The molecule has 0 spiro atoms. The molecule has 1 aromatic rings. The van der Waals surface area contributed by atoms with Crippen LogP contribution in [-0.4, -0.2) is 46.3 Å². The summed E-state index contributed by atoms with van der Waals surface area (Å²) in [6.07, 6.45) is 3.26. The predicted octanol–water partition coefficient (Wildman–Crippen LogP) is 3.95. The van der Waals surface area contributed by atoms with E-state index in [0.29, 0.717) is 30.5 Å². The maximum atomic E-state index is 12.1. The Morgan fingerprint density at radius 2 is 2.17 bits per heavy atom. The van der Waals surface area contributed by atoms with Gasteiger partial charge in [0.2, 0.25) is 5.28 Å². The Hall–Kier alpha value is -1.11. The van der Waals surface area contributed by atoms with Gasteiger partial charge >= 0.3 is 6.09 Å². The predicted molar refractivity (Wildman–Crippen MR) is 92.2 cm³/mol. The molecule has 1 aromatic heterocycles. The van der Waals surface area contributed by atoms with E-state index in [0.717, 1.165) is 19.4 Å². The van der Waals surface area contributed by atoms with Gasteiger partial charge in [0.25, 0.3) is 0 Å². The molecule has 1 atom stereocenters.